The van der Waals surface area contributed by atoms with Crippen LogP contribution < -0.4 is 10.5 Å². The van der Waals surface area contributed by atoms with Crippen LogP contribution in [0.4, 0.5) is 0 Å². The Labute approximate surface area is 121 Å². The van der Waals surface area contributed by atoms with E-state index in [0.717, 1.165) is 16.9 Å². The molecule has 0 atom stereocenters. The number of benzene rings is 1. The number of carbonyl (C=O) groups excluding carboxylic acids is 1. The smallest absolute Gasteiger partial charge is 0.221 e. The highest BCUT2D eigenvalue weighted by atomic mass is 16.5. The first-order chi connectivity index (χ1) is 10.2. The molecule has 0 aliphatic carbocycles. The van der Waals surface area contributed by atoms with Crippen molar-refractivity contribution in [1.29, 1.82) is 0 Å². The van der Waals surface area contributed by atoms with E-state index in [1.807, 2.05) is 42.5 Å². The summed E-state index contributed by atoms with van der Waals surface area (Å²) in [5.41, 5.74) is 7.69. The molecular weight excluding hydrogens is 268 g/mol. The summed E-state index contributed by atoms with van der Waals surface area (Å²) in [4.78, 5) is 15.1. The SMILES string of the molecule is NC(=O)Cc1cccc(OCc2cccc3ncnn23)c1. The Hall–Kier alpha value is -2.89. The van der Waals surface area contributed by atoms with Crippen molar-refractivity contribution in [2.45, 2.75) is 13.0 Å². The summed E-state index contributed by atoms with van der Waals surface area (Å²) in [6, 6.07) is 13.0. The zero-order chi connectivity index (χ0) is 14.7. The molecule has 0 aliphatic heterocycles. The lowest BCUT2D eigenvalue weighted by Gasteiger charge is -2.08. The molecule has 0 spiro atoms. The maximum absolute atomic E-state index is 10.9. The van der Waals surface area contributed by atoms with Gasteiger partial charge in [0.2, 0.25) is 5.91 Å². The fraction of sp³-hybridized carbons (Fsp3) is 0.133. The van der Waals surface area contributed by atoms with Gasteiger partial charge in [0.15, 0.2) is 5.65 Å². The van der Waals surface area contributed by atoms with Crippen LogP contribution in [0.25, 0.3) is 5.65 Å². The van der Waals surface area contributed by atoms with Crippen molar-refractivity contribution in [3.8, 4) is 5.75 Å². The fourth-order valence-corrected chi connectivity index (χ4v) is 2.11. The van der Waals surface area contributed by atoms with Gasteiger partial charge in [0, 0.05) is 0 Å². The molecule has 3 aromatic rings. The number of ether oxygens (including phenoxy) is 1. The normalized spacial score (nSPS) is 10.7. The van der Waals surface area contributed by atoms with Crippen LogP contribution in [0, 0.1) is 0 Å². The van der Waals surface area contributed by atoms with Gasteiger partial charge in [-0.3, -0.25) is 4.79 Å². The molecule has 1 amide bonds. The molecule has 0 radical (unpaired) electrons. The predicted octanol–water partition coefficient (Wildman–Crippen LogP) is 1.34. The lowest BCUT2D eigenvalue weighted by Crippen LogP contribution is -2.13. The van der Waals surface area contributed by atoms with Gasteiger partial charge < -0.3 is 10.5 Å². The Morgan fingerprint density at radius 1 is 1.24 bits per heavy atom. The summed E-state index contributed by atoms with van der Waals surface area (Å²) in [5, 5.41) is 4.15. The minimum Gasteiger partial charge on any atom is -0.487 e. The van der Waals surface area contributed by atoms with Gasteiger partial charge in [-0.15, -0.1) is 0 Å². The van der Waals surface area contributed by atoms with Crippen LogP contribution in [0.15, 0.2) is 48.8 Å². The van der Waals surface area contributed by atoms with Crippen LogP contribution in [0.1, 0.15) is 11.3 Å². The quantitative estimate of drug-likeness (QED) is 0.765. The van der Waals surface area contributed by atoms with Crippen LogP contribution in [-0.2, 0) is 17.8 Å². The first kappa shape index (κ1) is 13.1. The van der Waals surface area contributed by atoms with Crippen molar-refractivity contribution < 1.29 is 9.53 Å². The van der Waals surface area contributed by atoms with Gasteiger partial charge in [0.25, 0.3) is 0 Å². The van der Waals surface area contributed by atoms with E-state index in [-0.39, 0.29) is 12.3 Å². The summed E-state index contributed by atoms with van der Waals surface area (Å²) >= 11 is 0. The molecule has 0 bridgehead atoms. The standard InChI is InChI=1S/C15H14N4O2/c16-14(20)8-11-3-1-5-13(7-11)21-9-12-4-2-6-15-17-10-18-19(12)15/h1-7,10H,8-9H2,(H2,16,20). The minimum absolute atomic E-state index is 0.204. The number of nitrogens with zero attached hydrogens (tertiary/aromatic N) is 3. The van der Waals surface area contributed by atoms with Crippen molar-refractivity contribution in [1.82, 2.24) is 14.6 Å². The highest BCUT2D eigenvalue weighted by molar-refractivity contribution is 5.76. The molecule has 3 rings (SSSR count). The monoisotopic (exact) mass is 282 g/mol. The Balaban J connectivity index is 1.75. The molecule has 6 nitrogen and oxygen atoms in total. The maximum Gasteiger partial charge on any atom is 0.221 e. The molecule has 0 unspecified atom stereocenters. The Morgan fingerprint density at radius 3 is 2.95 bits per heavy atom. The van der Waals surface area contributed by atoms with E-state index in [4.69, 9.17) is 10.5 Å². The summed E-state index contributed by atoms with van der Waals surface area (Å²) in [7, 11) is 0. The van der Waals surface area contributed by atoms with Crippen molar-refractivity contribution in [2.75, 3.05) is 0 Å². The summed E-state index contributed by atoms with van der Waals surface area (Å²) < 4.78 is 7.48. The van der Waals surface area contributed by atoms with Crippen LogP contribution in [0.2, 0.25) is 0 Å². The van der Waals surface area contributed by atoms with Crippen molar-refractivity contribution >= 4 is 11.6 Å². The second kappa shape index (κ2) is 5.62. The van der Waals surface area contributed by atoms with Crippen molar-refractivity contribution in [3.63, 3.8) is 0 Å². The minimum atomic E-state index is -0.362. The molecule has 0 saturated heterocycles. The molecule has 106 valence electrons. The number of nitrogens with two attached hydrogens (primary N) is 1. The van der Waals surface area contributed by atoms with E-state index in [9.17, 15) is 4.79 Å². The van der Waals surface area contributed by atoms with Crippen LogP contribution in [-0.4, -0.2) is 20.5 Å². The van der Waals surface area contributed by atoms with E-state index >= 15 is 0 Å². The molecular formula is C15H14N4O2. The fourth-order valence-electron chi connectivity index (χ4n) is 2.11. The molecule has 2 heterocycles. The molecule has 6 heteroatoms. The first-order valence-corrected chi connectivity index (χ1v) is 6.50. The Bertz CT molecular complexity index is 782. The number of pyridine rings is 1. The summed E-state index contributed by atoms with van der Waals surface area (Å²) in [6.45, 7) is 0.362. The molecule has 0 aliphatic rings. The zero-order valence-electron chi connectivity index (χ0n) is 11.3. The highest BCUT2D eigenvalue weighted by Crippen LogP contribution is 2.15. The lowest BCUT2D eigenvalue weighted by atomic mass is 10.1. The summed E-state index contributed by atoms with van der Waals surface area (Å²) in [5.74, 6) is 0.324. The molecule has 1 aromatic carbocycles. The molecule has 0 fully saturated rings. The Morgan fingerprint density at radius 2 is 2.10 bits per heavy atom. The maximum atomic E-state index is 10.9. The van der Waals surface area contributed by atoms with Gasteiger partial charge in [0.1, 0.15) is 18.7 Å². The van der Waals surface area contributed by atoms with E-state index < -0.39 is 0 Å². The van der Waals surface area contributed by atoms with Crippen molar-refractivity contribution in [2.24, 2.45) is 5.73 Å². The second-order valence-corrected chi connectivity index (χ2v) is 4.63. The molecule has 2 aromatic heterocycles. The number of carbonyl (C=O) groups is 1. The highest BCUT2D eigenvalue weighted by Gasteiger charge is 2.04. The van der Waals surface area contributed by atoms with Crippen LogP contribution in [0.5, 0.6) is 5.75 Å². The average Bonchev–Trinajstić information content (AvgIpc) is 2.93. The third kappa shape index (κ3) is 3.00. The Kier molecular flexibility index (Phi) is 3.51. The number of fused-ring (bicyclic) bond motifs is 1. The third-order valence-corrected chi connectivity index (χ3v) is 3.04. The first-order valence-electron chi connectivity index (χ1n) is 6.50. The van der Waals surface area contributed by atoms with Crippen LogP contribution in [0.3, 0.4) is 0 Å². The number of primary amides is 1. The molecule has 21 heavy (non-hydrogen) atoms. The van der Waals surface area contributed by atoms with E-state index in [2.05, 4.69) is 10.1 Å². The van der Waals surface area contributed by atoms with Gasteiger partial charge in [-0.25, -0.2) is 9.50 Å². The largest absolute Gasteiger partial charge is 0.487 e. The number of rotatable bonds is 5. The molecule has 2 N–H and O–H groups in total. The molecule has 0 saturated carbocycles. The van der Waals surface area contributed by atoms with Gasteiger partial charge >= 0.3 is 0 Å². The van der Waals surface area contributed by atoms with Gasteiger partial charge in [-0.05, 0) is 29.8 Å². The predicted molar refractivity (Wildman–Crippen MR) is 76.7 cm³/mol. The van der Waals surface area contributed by atoms with E-state index in [0.29, 0.717) is 12.4 Å². The van der Waals surface area contributed by atoms with E-state index in [1.54, 1.807) is 4.52 Å². The zero-order valence-corrected chi connectivity index (χ0v) is 11.3. The van der Waals surface area contributed by atoms with Gasteiger partial charge in [-0.1, -0.05) is 18.2 Å². The number of aromatic nitrogens is 3. The second-order valence-electron chi connectivity index (χ2n) is 4.63. The number of hydrogen-bond acceptors (Lipinski definition) is 4. The lowest BCUT2D eigenvalue weighted by molar-refractivity contribution is -0.117. The van der Waals surface area contributed by atoms with Crippen molar-refractivity contribution in [3.05, 3.63) is 60.0 Å². The van der Waals surface area contributed by atoms with Gasteiger partial charge in [0.05, 0.1) is 12.1 Å². The number of hydrogen-bond donors (Lipinski definition) is 1. The van der Waals surface area contributed by atoms with Crippen LogP contribution >= 0.6 is 0 Å². The van der Waals surface area contributed by atoms with Gasteiger partial charge in [-0.2, -0.15) is 5.10 Å². The van der Waals surface area contributed by atoms with E-state index in [1.165, 1.54) is 6.33 Å². The topological polar surface area (TPSA) is 82.5 Å². The number of amides is 1. The average molecular weight is 282 g/mol. The third-order valence-electron chi connectivity index (χ3n) is 3.04. The summed E-state index contributed by atoms with van der Waals surface area (Å²) in [6.07, 6.45) is 1.71.